The number of hydrogen-bond donors (Lipinski definition) is 2. The van der Waals surface area contributed by atoms with Gasteiger partial charge >= 0.3 is 0 Å². The molecule has 0 aliphatic heterocycles. The van der Waals surface area contributed by atoms with Gasteiger partial charge in [0.25, 0.3) is 0 Å². The zero-order valence-electron chi connectivity index (χ0n) is 12.7. The molecule has 1 aliphatic rings. The highest BCUT2D eigenvalue weighted by atomic mass is 16.3. The molecule has 2 aromatic rings. The fourth-order valence-corrected chi connectivity index (χ4v) is 3.46. The summed E-state index contributed by atoms with van der Waals surface area (Å²) in [5, 5.41) is 14.2. The second kappa shape index (κ2) is 6.12. The molecule has 1 heterocycles. The lowest BCUT2D eigenvalue weighted by Crippen LogP contribution is -2.42. The second-order valence-corrected chi connectivity index (χ2v) is 6.29. The quantitative estimate of drug-likeness (QED) is 0.885. The fraction of sp³-hybridized carbons (Fsp3) is 0.500. The van der Waals surface area contributed by atoms with E-state index in [1.165, 1.54) is 36.6 Å². The monoisotopic (exact) mass is 284 g/mol. The highest BCUT2D eigenvalue weighted by Crippen LogP contribution is 2.32. The molecular weight excluding hydrogens is 260 g/mol. The van der Waals surface area contributed by atoms with Gasteiger partial charge in [-0.2, -0.15) is 0 Å². The number of nitrogens with zero attached hydrogens (tertiary/aromatic N) is 1. The third kappa shape index (κ3) is 3.25. The van der Waals surface area contributed by atoms with Crippen LogP contribution < -0.4 is 5.32 Å². The molecule has 0 spiro atoms. The van der Waals surface area contributed by atoms with Crippen LogP contribution in [0.2, 0.25) is 0 Å². The molecule has 0 amide bonds. The minimum absolute atomic E-state index is 0.148. The van der Waals surface area contributed by atoms with Gasteiger partial charge in [-0.15, -0.1) is 0 Å². The van der Waals surface area contributed by atoms with Gasteiger partial charge in [0.05, 0.1) is 5.52 Å². The number of benzene rings is 1. The van der Waals surface area contributed by atoms with Crippen LogP contribution in [0.4, 0.5) is 0 Å². The number of hydrogen-bond acceptors (Lipinski definition) is 3. The molecule has 1 aliphatic carbocycles. The zero-order valence-corrected chi connectivity index (χ0v) is 12.7. The molecule has 1 fully saturated rings. The number of aliphatic hydroxyl groups is 1. The smallest absolute Gasteiger partial charge is 0.0705 e. The highest BCUT2D eigenvalue weighted by Gasteiger charge is 2.32. The third-order valence-electron chi connectivity index (χ3n) is 4.71. The number of fused-ring (bicyclic) bond motifs is 1. The Morgan fingerprint density at radius 2 is 2.00 bits per heavy atom. The Hall–Kier alpha value is -1.45. The average molecular weight is 284 g/mol. The average Bonchev–Trinajstić information content (AvgIpc) is 2.94. The highest BCUT2D eigenvalue weighted by molar-refractivity contribution is 5.79. The van der Waals surface area contributed by atoms with Gasteiger partial charge in [0.15, 0.2) is 0 Å². The molecule has 21 heavy (non-hydrogen) atoms. The SMILES string of the molecule is Cc1ccc2cc(CNC3(CCO)CCCC3)ccc2n1. The first-order valence-electron chi connectivity index (χ1n) is 7.93. The standard InChI is InChI=1S/C18H24N2O/c1-14-4-6-16-12-15(5-7-17(16)20-14)13-19-18(10-11-21)8-2-3-9-18/h4-7,12,19,21H,2-3,8-11,13H2,1H3. The van der Waals surface area contributed by atoms with Gasteiger partial charge in [-0.25, -0.2) is 0 Å². The van der Waals surface area contributed by atoms with Gasteiger partial charge in [-0.05, 0) is 49.9 Å². The zero-order chi connectivity index (χ0) is 14.7. The summed E-state index contributed by atoms with van der Waals surface area (Å²) < 4.78 is 0. The summed E-state index contributed by atoms with van der Waals surface area (Å²) in [4.78, 5) is 4.54. The van der Waals surface area contributed by atoms with Crippen LogP contribution in [-0.4, -0.2) is 22.2 Å². The number of nitrogens with one attached hydrogen (secondary N) is 1. The van der Waals surface area contributed by atoms with E-state index >= 15 is 0 Å². The van der Waals surface area contributed by atoms with Crippen molar-refractivity contribution >= 4 is 10.9 Å². The van der Waals surface area contributed by atoms with Crippen molar-refractivity contribution in [1.82, 2.24) is 10.3 Å². The largest absolute Gasteiger partial charge is 0.396 e. The lowest BCUT2D eigenvalue weighted by molar-refractivity contribution is 0.209. The van der Waals surface area contributed by atoms with Crippen LogP contribution in [0.5, 0.6) is 0 Å². The Morgan fingerprint density at radius 1 is 1.19 bits per heavy atom. The van der Waals surface area contributed by atoms with E-state index in [0.717, 1.165) is 24.2 Å². The normalized spacial score (nSPS) is 17.4. The van der Waals surface area contributed by atoms with E-state index in [4.69, 9.17) is 0 Å². The summed E-state index contributed by atoms with van der Waals surface area (Å²) in [5.74, 6) is 0. The van der Waals surface area contributed by atoms with Crippen LogP contribution in [0.1, 0.15) is 43.4 Å². The van der Waals surface area contributed by atoms with Gasteiger partial charge in [0.2, 0.25) is 0 Å². The molecule has 1 saturated carbocycles. The van der Waals surface area contributed by atoms with Crippen molar-refractivity contribution in [3.8, 4) is 0 Å². The van der Waals surface area contributed by atoms with Crippen molar-refractivity contribution < 1.29 is 5.11 Å². The number of aromatic nitrogens is 1. The molecule has 1 aromatic carbocycles. The third-order valence-corrected chi connectivity index (χ3v) is 4.71. The Kier molecular flexibility index (Phi) is 4.22. The Labute approximate surface area is 126 Å². The maximum absolute atomic E-state index is 9.31. The minimum atomic E-state index is 0.148. The molecule has 0 unspecified atom stereocenters. The topological polar surface area (TPSA) is 45.1 Å². The lowest BCUT2D eigenvalue weighted by atomic mass is 9.93. The van der Waals surface area contributed by atoms with Crippen molar-refractivity contribution in [2.75, 3.05) is 6.61 Å². The molecule has 0 atom stereocenters. The first-order valence-corrected chi connectivity index (χ1v) is 7.93. The van der Waals surface area contributed by atoms with E-state index in [1.54, 1.807) is 0 Å². The van der Waals surface area contributed by atoms with Crippen LogP contribution >= 0.6 is 0 Å². The minimum Gasteiger partial charge on any atom is -0.396 e. The summed E-state index contributed by atoms with van der Waals surface area (Å²) in [6.45, 7) is 3.16. The van der Waals surface area contributed by atoms with Crippen molar-refractivity contribution in [2.45, 2.75) is 51.1 Å². The van der Waals surface area contributed by atoms with E-state index in [1.807, 2.05) is 6.92 Å². The van der Waals surface area contributed by atoms with Gasteiger partial charge < -0.3 is 10.4 Å². The maximum Gasteiger partial charge on any atom is 0.0705 e. The fourth-order valence-electron chi connectivity index (χ4n) is 3.46. The van der Waals surface area contributed by atoms with Gasteiger partial charge in [-0.1, -0.05) is 25.0 Å². The number of rotatable bonds is 5. The molecular formula is C18H24N2O. The molecule has 3 heteroatoms. The van der Waals surface area contributed by atoms with Crippen LogP contribution in [0.3, 0.4) is 0 Å². The van der Waals surface area contributed by atoms with Crippen LogP contribution in [0, 0.1) is 6.92 Å². The van der Waals surface area contributed by atoms with Gasteiger partial charge in [0, 0.05) is 29.8 Å². The summed E-state index contributed by atoms with van der Waals surface area (Å²) >= 11 is 0. The molecule has 0 radical (unpaired) electrons. The van der Waals surface area contributed by atoms with Crippen LogP contribution in [0.25, 0.3) is 10.9 Å². The van der Waals surface area contributed by atoms with E-state index in [2.05, 4.69) is 40.6 Å². The van der Waals surface area contributed by atoms with Gasteiger partial charge in [0.1, 0.15) is 0 Å². The first kappa shape index (κ1) is 14.5. The van der Waals surface area contributed by atoms with Crippen molar-refractivity contribution in [1.29, 1.82) is 0 Å². The maximum atomic E-state index is 9.31. The summed E-state index contributed by atoms with van der Waals surface area (Å²) in [6.07, 6.45) is 5.77. The number of pyridine rings is 1. The van der Waals surface area contributed by atoms with E-state index in [9.17, 15) is 5.11 Å². The van der Waals surface area contributed by atoms with E-state index in [0.29, 0.717) is 0 Å². The Bertz CT molecular complexity index is 618. The van der Waals surface area contributed by atoms with Crippen molar-refractivity contribution in [2.24, 2.45) is 0 Å². The van der Waals surface area contributed by atoms with Crippen LogP contribution in [0.15, 0.2) is 30.3 Å². The Balaban J connectivity index is 1.74. The first-order chi connectivity index (χ1) is 10.2. The Morgan fingerprint density at radius 3 is 2.76 bits per heavy atom. The number of aryl methyl sites for hydroxylation is 1. The second-order valence-electron chi connectivity index (χ2n) is 6.29. The molecule has 2 N–H and O–H groups in total. The summed E-state index contributed by atoms with van der Waals surface area (Å²) in [7, 11) is 0. The predicted octanol–water partition coefficient (Wildman–Crippen LogP) is 3.33. The van der Waals surface area contributed by atoms with E-state index < -0.39 is 0 Å². The molecule has 0 bridgehead atoms. The van der Waals surface area contributed by atoms with Crippen molar-refractivity contribution in [3.63, 3.8) is 0 Å². The van der Waals surface area contributed by atoms with Crippen LogP contribution in [-0.2, 0) is 6.54 Å². The van der Waals surface area contributed by atoms with Gasteiger partial charge in [-0.3, -0.25) is 4.98 Å². The molecule has 1 aromatic heterocycles. The molecule has 0 saturated heterocycles. The lowest BCUT2D eigenvalue weighted by Gasteiger charge is -2.30. The summed E-state index contributed by atoms with van der Waals surface area (Å²) in [6, 6.07) is 10.7. The molecule has 3 nitrogen and oxygen atoms in total. The van der Waals surface area contributed by atoms with E-state index in [-0.39, 0.29) is 12.1 Å². The predicted molar refractivity (Wildman–Crippen MR) is 86.2 cm³/mol. The summed E-state index contributed by atoms with van der Waals surface area (Å²) in [5.41, 5.74) is 3.55. The molecule has 3 rings (SSSR count). The number of aliphatic hydroxyl groups excluding tert-OH is 1. The van der Waals surface area contributed by atoms with Crippen molar-refractivity contribution in [3.05, 3.63) is 41.6 Å². The molecule has 112 valence electrons.